The van der Waals surface area contributed by atoms with Crippen LogP contribution in [0.25, 0.3) is 0 Å². The molecule has 3 N–H and O–H groups in total. The first kappa shape index (κ1) is 9.37. The van der Waals surface area contributed by atoms with Gasteiger partial charge in [-0.15, -0.1) is 0 Å². The predicted molar refractivity (Wildman–Crippen MR) is 58.1 cm³/mol. The lowest BCUT2D eigenvalue weighted by Crippen LogP contribution is -2.04. The molecule has 78 valence electrons. The van der Waals surface area contributed by atoms with Crippen LogP contribution in [0.4, 0.5) is 11.5 Å². The molecule has 4 nitrogen and oxygen atoms in total. The summed E-state index contributed by atoms with van der Waals surface area (Å²) in [7, 11) is 1.88. The van der Waals surface area contributed by atoms with E-state index >= 15 is 0 Å². The highest BCUT2D eigenvalue weighted by Crippen LogP contribution is 2.33. The van der Waals surface area contributed by atoms with Crippen molar-refractivity contribution in [2.24, 2.45) is 13.0 Å². The summed E-state index contributed by atoms with van der Waals surface area (Å²) in [5.41, 5.74) is 6.49. The Labute approximate surface area is 84.5 Å². The number of nitrogens with zero attached hydrogens (tertiary/aromatic N) is 2. The molecular formula is C10H18N4. The van der Waals surface area contributed by atoms with Crippen LogP contribution in [0.3, 0.4) is 0 Å². The maximum Gasteiger partial charge on any atom is 0.171 e. The van der Waals surface area contributed by atoms with Crippen molar-refractivity contribution in [3.8, 4) is 0 Å². The van der Waals surface area contributed by atoms with Crippen LogP contribution in [0.5, 0.6) is 0 Å². The van der Waals surface area contributed by atoms with Crippen LogP contribution in [-0.4, -0.2) is 16.3 Å². The molecule has 0 aliphatic heterocycles. The topological polar surface area (TPSA) is 55.9 Å². The number of aryl methyl sites for hydroxylation is 1. The maximum absolute atomic E-state index is 5.75. The van der Waals surface area contributed by atoms with E-state index < -0.39 is 0 Å². The molecule has 4 heteroatoms. The third kappa shape index (κ3) is 2.40. The average molecular weight is 194 g/mol. The number of nitrogens with one attached hydrogen (secondary N) is 1. The molecule has 0 bridgehead atoms. The SMILES string of the molecule is Cn1cc(N)c(NCCCC2CC2)n1. The van der Waals surface area contributed by atoms with Crippen LogP contribution in [0.15, 0.2) is 6.20 Å². The standard InChI is InChI=1S/C10H18N4/c1-14-7-9(11)10(13-14)12-6-2-3-8-4-5-8/h7-8H,2-6,11H2,1H3,(H,12,13). The largest absolute Gasteiger partial charge is 0.394 e. The zero-order valence-corrected chi connectivity index (χ0v) is 8.66. The summed E-state index contributed by atoms with van der Waals surface area (Å²) in [6, 6.07) is 0. The van der Waals surface area contributed by atoms with E-state index in [4.69, 9.17) is 5.73 Å². The van der Waals surface area contributed by atoms with Gasteiger partial charge in [-0.05, 0) is 18.8 Å². The van der Waals surface area contributed by atoms with E-state index in [2.05, 4.69) is 10.4 Å². The molecule has 0 aromatic carbocycles. The van der Waals surface area contributed by atoms with E-state index in [0.717, 1.165) is 24.0 Å². The second-order valence-electron chi connectivity index (χ2n) is 4.12. The molecule has 1 saturated carbocycles. The van der Waals surface area contributed by atoms with E-state index in [1.54, 1.807) is 4.68 Å². The molecule has 2 rings (SSSR count). The summed E-state index contributed by atoms with van der Waals surface area (Å²) in [5.74, 6) is 1.83. The lowest BCUT2D eigenvalue weighted by molar-refractivity contribution is 0.684. The zero-order valence-electron chi connectivity index (χ0n) is 8.66. The van der Waals surface area contributed by atoms with Crippen molar-refractivity contribution < 1.29 is 0 Å². The minimum atomic E-state index is 0.735. The molecule has 1 fully saturated rings. The fraction of sp³-hybridized carbons (Fsp3) is 0.700. The van der Waals surface area contributed by atoms with E-state index in [-0.39, 0.29) is 0 Å². The summed E-state index contributed by atoms with van der Waals surface area (Å²) < 4.78 is 1.73. The van der Waals surface area contributed by atoms with Gasteiger partial charge < -0.3 is 11.1 Å². The van der Waals surface area contributed by atoms with Gasteiger partial charge >= 0.3 is 0 Å². The fourth-order valence-corrected chi connectivity index (χ4v) is 1.65. The first-order chi connectivity index (χ1) is 6.75. The van der Waals surface area contributed by atoms with Gasteiger partial charge in [-0.1, -0.05) is 12.8 Å². The summed E-state index contributed by atoms with van der Waals surface area (Å²) in [6.07, 6.45) is 7.26. The Hall–Kier alpha value is -1.19. The Kier molecular flexibility index (Phi) is 2.61. The van der Waals surface area contributed by atoms with Gasteiger partial charge in [0.25, 0.3) is 0 Å². The van der Waals surface area contributed by atoms with Crippen LogP contribution >= 0.6 is 0 Å². The van der Waals surface area contributed by atoms with Gasteiger partial charge in [0.15, 0.2) is 5.82 Å². The summed E-state index contributed by atoms with van der Waals surface area (Å²) in [6.45, 7) is 0.984. The molecule has 0 saturated heterocycles. The van der Waals surface area contributed by atoms with E-state index in [9.17, 15) is 0 Å². The second kappa shape index (κ2) is 3.90. The molecule has 14 heavy (non-hydrogen) atoms. The minimum absolute atomic E-state index is 0.735. The van der Waals surface area contributed by atoms with Crippen molar-refractivity contribution in [2.45, 2.75) is 25.7 Å². The molecule has 1 aliphatic carbocycles. The minimum Gasteiger partial charge on any atom is -0.394 e. The molecular weight excluding hydrogens is 176 g/mol. The fourth-order valence-electron chi connectivity index (χ4n) is 1.65. The van der Waals surface area contributed by atoms with Crippen molar-refractivity contribution >= 4 is 11.5 Å². The highest BCUT2D eigenvalue weighted by atomic mass is 15.3. The smallest absolute Gasteiger partial charge is 0.171 e. The Balaban J connectivity index is 1.70. The van der Waals surface area contributed by atoms with Gasteiger partial charge in [0, 0.05) is 19.8 Å². The molecule has 0 spiro atoms. The van der Waals surface area contributed by atoms with Crippen molar-refractivity contribution in [1.29, 1.82) is 0 Å². The molecule has 1 aromatic heterocycles. The van der Waals surface area contributed by atoms with Crippen molar-refractivity contribution in [2.75, 3.05) is 17.6 Å². The van der Waals surface area contributed by atoms with Crippen molar-refractivity contribution in [1.82, 2.24) is 9.78 Å². The van der Waals surface area contributed by atoms with E-state index in [1.807, 2.05) is 13.2 Å². The quantitative estimate of drug-likeness (QED) is 0.700. The molecule has 0 amide bonds. The first-order valence-electron chi connectivity index (χ1n) is 5.28. The van der Waals surface area contributed by atoms with Crippen molar-refractivity contribution in [3.05, 3.63) is 6.20 Å². The molecule has 0 unspecified atom stereocenters. The van der Waals surface area contributed by atoms with Gasteiger partial charge in [-0.25, -0.2) is 0 Å². The summed E-state index contributed by atoms with van der Waals surface area (Å²) in [4.78, 5) is 0. The zero-order chi connectivity index (χ0) is 9.97. The number of anilines is 2. The second-order valence-corrected chi connectivity index (χ2v) is 4.12. The van der Waals surface area contributed by atoms with Crippen LogP contribution < -0.4 is 11.1 Å². The number of nitrogens with two attached hydrogens (primary N) is 1. The maximum atomic E-state index is 5.75. The van der Waals surface area contributed by atoms with Crippen LogP contribution in [-0.2, 0) is 7.05 Å². The monoisotopic (exact) mass is 194 g/mol. The van der Waals surface area contributed by atoms with Gasteiger partial charge in [0.1, 0.15) is 0 Å². The van der Waals surface area contributed by atoms with E-state index in [1.165, 1.54) is 25.7 Å². The van der Waals surface area contributed by atoms with Gasteiger partial charge in [-0.3, -0.25) is 4.68 Å². The average Bonchev–Trinajstić information content (AvgIpc) is 2.88. The predicted octanol–water partition coefficient (Wildman–Crippen LogP) is 1.60. The third-order valence-electron chi connectivity index (χ3n) is 2.64. The molecule has 0 atom stereocenters. The Morgan fingerprint density at radius 3 is 3.00 bits per heavy atom. The van der Waals surface area contributed by atoms with Crippen LogP contribution in [0.1, 0.15) is 25.7 Å². The molecule has 1 aromatic rings. The number of aromatic nitrogens is 2. The lowest BCUT2D eigenvalue weighted by atomic mass is 10.2. The van der Waals surface area contributed by atoms with Crippen LogP contribution in [0, 0.1) is 5.92 Å². The molecule has 1 aliphatic rings. The molecule has 0 radical (unpaired) electrons. The molecule has 1 heterocycles. The lowest BCUT2D eigenvalue weighted by Gasteiger charge is -2.02. The Bertz CT molecular complexity index is 301. The first-order valence-corrected chi connectivity index (χ1v) is 5.28. The third-order valence-corrected chi connectivity index (χ3v) is 2.64. The van der Waals surface area contributed by atoms with Gasteiger partial charge in [-0.2, -0.15) is 5.10 Å². The van der Waals surface area contributed by atoms with E-state index in [0.29, 0.717) is 0 Å². The summed E-state index contributed by atoms with van der Waals surface area (Å²) in [5, 5.41) is 7.48. The number of nitrogen functional groups attached to an aromatic ring is 1. The van der Waals surface area contributed by atoms with Crippen molar-refractivity contribution in [3.63, 3.8) is 0 Å². The number of hydrogen-bond donors (Lipinski definition) is 2. The Morgan fingerprint density at radius 2 is 2.43 bits per heavy atom. The van der Waals surface area contributed by atoms with Gasteiger partial charge in [0.05, 0.1) is 5.69 Å². The summed E-state index contributed by atoms with van der Waals surface area (Å²) >= 11 is 0. The number of rotatable bonds is 5. The highest BCUT2D eigenvalue weighted by Gasteiger charge is 2.19. The van der Waals surface area contributed by atoms with Gasteiger partial charge in [0.2, 0.25) is 0 Å². The normalized spacial score (nSPS) is 15.8. The Morgan fingerprint density at radius 1 is 1.64 bits per heavy atom. The number of hydrogen-bond acceptors (Lipinski definition) is 3. The highest BCUT2D eigenvalue weighted by molar-refractivity contribution is 5.59. The van der Waals surface area contributed by atoms with Crippen LogP contribution in [0.2, 0.25) is 0 Å².